The minimum absolute atomic E-state index is 0.754. The predicted molar refractivity (Wildman–Crippen MR) is 81.0 cm³/mol. The van der Waals surface area contributed by atoms with Crippen molar-refractivity contribution < 1.29 is 0 Å². The lowest BCUT2D eigenvalue weighted by Gasteiger charge is -2.18. The second-order valence-electron chi connectivity index (χ2n) is 5.54. The summed E-state index contributed by atoms with van der Waals surface area (Å²) < 4.78 is 0. The molecule has 0 unspecified atom stereocenters. The minimum atomic E-state index is 0.754. The molecule has 102 valence electrons. The smallest absolute Gasteiger partial charge is 0.160 e. The lowest BCUT2D eigenvalue weighted by Crippen LogP contribution is -2.02. The van der Waals surface area contributed by atoms with Crippen LogP contribution in [0.2, 0.25) is 0 Å². The first-order valence-electron chi connectivity index (χ1n) is 7.17. The molecule has 3 rings (SSSR count). The Bertz CT molecular complexity index is 632. The van der Waals surface area contributed by atoms with Crippen molar-refractivity contribution in [2.75, 3.05) is 0 Å². The molecule has 0 radical (unpaired) electrons. The molecule has 0 saturated heterocycles. The van der Waals surface area contributed by atoms with Gasteiger partial charge in [0.2, 0.25) is 0 Å². The van der Waals surface area contributed by atoms with E-state index in [4.69, 9.17) is 0 Å². The van der Waals surface area contributed by atoms with Crippen molar-refractivity contribution in [2.24, 2.45) is 5.92 Å². The van der Waals surface area contributed by atoms with E-state index in [2.05, 4.69) is 34.0 Å². The van der Waals surface area contributed by atoms with Crippen molar-refractivity contribution in [3.8, 4) is 11.4 Å². The van der Waals surface area contributed by atoms with Gasteiger partial charge in [-0.2, -0.15) is 0 Å². The van der Waals surface area contributed by atoms with Crippen LogP contribution in [0.25, 0.3) is 17.0 Å². The summed E-state index contributed by atoms with van der Waals surface area (Å²) in [7, 11) is 0. The molecular formula is C17H19N3. The molecule has 20 heavy (non-hydrogen) atoms. The highest BCUT2D eigenvalue weighted by atomic mass is 14.9. The summed E-state index contributed by atoms with van der Waals surface area (Å²) in [5.41, 5.74) is 4.63. The van der Waals surface area contributed by atoms with Crippen LogP contribution in [0, 0.1) is 12.8 Å². The number of hydrogen-bond donors (Lipinski definition) is 0. The van der Waals surface area contributed by atoms with E-state index < -0.39 is 0 Å². The topological polar surface area (TPSA) is 38.7 Å². The van der Waals surface area contributed by atoms with E-state index >= 15 is 0 Å². The van der Waals surface area contributed by atoms with Gasteiger partial charge in [-0.3, -0.25) is 4.98 Å². The van der Waals surface area contributed by atoms with Crippen LogP contribution in [0.3, 0.4) is 0 Å². The van der Waals surface area contributed by atoms with Gasteiger partial charge in [-0.15, -0.1) is 0 Å². The highest BCUT2D eigenvalue weighted by Gasteiger charge is 2.14. The van der Waals surface area contributed by atoms with Gasteiger partial charge < -0.3 is 0 Å². The molecule has 0 bridgehead atoms. The number of hydrogen-bond acceptors (Lipinski definition) is 3. The van der Waals surface area contributed by atoms with Gasteiger partial charge in [-0.1, -0.05) is 13.0 Å². The van der Waals surface area contributed by atoms with Crippen LogP contribution in [-0.2, 0) is 0 Å². The number of aryl methyl sites for hydroxylation is 1. The third-order valence-electron chi connectivity index (χ3n) is 3.94. The van der Waals surface area contributed by atoms with Gasteiger partial charge in [-0.05, 0) is 55.4 Å². The van der Waals surface area contributed by atoms with Crippen molar-refractivity contribution in [3.63, 3.8) is 0 Å². The summed E-state index contributed by atoms with van der Waals surface area (Å²) >= 11 is 0. The zero-order valence-corrected chi connectivity index (χ0v) is 12.0. The second-order valence-corrected chi connectivity index (χ2v) is 5.54. The summed E-state index contributed by atoms with van der Waals surface area (Å²) in [4.78, 5) is 13.2. The predicted octanol–water partition coefficient (Wildman–Crippen LogP) is 4.05. The molecule has 0 N–H and O–H groups in total. The van der Waals surface area contributed by atoms with Crippen molar-refractivity contribution in [2.45, 2.75) is 33.1 Å². The third kappa shape index (κ3) is 2.62. The van der Waals surface area contributed by atoms with E-state index in [0.29, 0.717) is 0 Å². The Balaban J connectivity index is 1.99. The standard InChI is InChI=1S/C17H19N3/c1-12-4-6-14(7-5-12)15-10-16(13(2)20-11-15)17-18-8-3-9-19-17/h3,6,8-12H,4-5,7H2,1-2H3/t12-/m1/s1. The summed E-state index contributed by atoms with van der Waals surface area (Å²) in [6, 6.07) is 4.01. The van der Waals surface area contributed by atoms with Gasteiger partial charge in [0, 0.05) is 29.8 Å². The molecule has 3 nitrogen and oxygen atoms in total. The largest absolute Gasteiger partial charge is 0.260 e. The van der Waals surface area contributed by atoms with Gasteiger partial charge in [0.25, 0.3) is 0 Å². The average Bonchev–Trinajstić information content (AvgIpc) is 2.50. The zero-order chi connectivity index (χ0) is 13.9. The SMILES string of the molecule is Cc1ncc(C2=CC[C@@H](C)CC2)cc1-c1ncccn1. The Morgan fingerprint density at radius 2 is 1.95 bits per heavy atom. The molecule has 0 saturated carbocycles. The lowest BCUT2D eigenvalue weighted by atomic mass is 9.88. The monoisotopic (exact) mass is 265 g/mol. The fourth-order valence-corrected chi connectivity index (χ4v) is 2.60. The highest BCUT2D eigenvalue weighted by Crippen LogP contribution is 2.31. The summed E-state index contributed by atoms with van der Waals surface area (Å²) in [5.74, 6) is 1.55. The van der Waals surface area contributed by atoms with Gasteiger partial charge in [0.1, 0.15) is 0 Å². The van der Waals surface area contributed by atoms with Crippen LogP contribution in [0.5, 0.6) is 0 Å². The van der Waals surface area contributed by atoms with E-state index in [1.165, 1.54) is 24.0 Å². The second kappa shape index (κ2) is 5.53. The van der Waals surface area contributed by atoms with E-state index in [9.17, 15) is 0 Å². The molecule has 3 heteroatoms. The Morgan fingerprint density at radius 3 is 2.65 bits per heavy atom. The first kappa shape index (κ1) is 13.0. The maximum absolute atomic E-state index is 4.53. The van der Waals surface area contributed by atoms with E-state index in [-0.39, 0.29) is 0 Å². The van der Waals surface area contributed by atoms with Gasteiger partial charge >= 0.3 is 0 Å². The van der Waals surface area contributed by atoms with Gasteiger partial charge in [-0.25, -0.2) is 9.97 Å². The van der Waals surface area contributed by atoms with Crippen molar-refractivity contribution in [1.29, 1.82) is 0 Å². The number of aromatic nitrogens is 3. The normalized spacial score (nSPS) is 18.7. The molecule has 0 spiro atoms. The Labute approximate surface area is 119 Å². The van der Waals surface area contributed by atoms with Crippen molar-refractivity contribution in [1.82, 2.24) is 15.0 Å². The summed E-state index contributed by atoms with van der Waals surface area (Å²) in [5, 5.41) is 0. The molecule has 0 amide bonds. The third-order valence-corrected chi connectivity index (χ3v) is 3.94. The minimum Gasteiger partial charge on any atom is -0.260 e. The number of pyridine rings is 1. The molecule has 2 aromatic rings. The summed E-state index contributed by atoms with van der Waals surface area (Å²) in [6.07, 6.45) is 11.4. The first-order valence-corrected chi connectivity index (χ1v) is 7.17. The maximum Gasteiger partial charge on any atom is 0.160 e. The summed E-state index contributed by atoms with van der Waals surface area (Å²) in [6.45, 7) is 4.32. The van der Waals surface area contributed by atoms with Crippen molar-refractivity contribution in [3.05, 3.63) is 48.1 Å². The average molecular weight is 265 g/mol. The Morgan fingerprint density at radius 1 is 1.15 bits per heavy atom. The maximum atomic E-state index is 4.53. The van der Waals surface area contributed by atoms with Gasteiger partial charge in [0.05, 0.1) is 0 Å². The molecule has 2 heterocycles. The van der Waals surface area contributed by atoms with Crippen LogP contribution >= 0.6 is 0 Å². The molecule has 2 aromatic heterocycles. The van der Waals surface area contributed by atoms with Crippen LogP contribution in [0.15, 0.2) is 36.8 Å². The quantitative estimate of drug-likeness (QED) is 0.822. The molecule has 0 aromatic carbocycles. The number of allylic oxidation sites excluding steroid dienone is 2. The van der Waals surface area contributed by atoms with E-state index in [0.717, 1.165) is 29.4 Å². The highest BCUT2D eigenvalue weighted by molar-refractivity contribution is 5.71. The number of rotatable bonds is 2. The molecule has 0 fully saturated rings. The van der Waals surface area contributed by atoms with Crippen LogP contribution in [0.4, 0.5) is 0 Å². The Hall–Kier alpha value is -2.03. The Kier molecular flexibility index (Phi) is 3.59. The van der Waals surface area contributed by atoms with E-state index in [1.807, 2.05) is 19.2 Å². The number of nitrogens with zero attached hydrogens (tertiary/aromatic N) is 3. The fourth-order valence-electron chi connectivity index (χ4n) is 2.60. The molecule has 0 aliphatic heterocycles. The molecular weight excluding hydrogens is 246 g/mol. The molecule has 1 aliphatic rings. The van der Waals surface area contributed by atoms with Crippen molar-refractivity contribution >= 4 is 5.57 Å². The van der Waals surface area contributed by atoms with E-state index in [1.54, 1.807) is 12.4 Å². The fraction of sp³-hybridized carbons (Fsp3) is 0.353. The lowest BCUT2D eigenvalue weighted by molar-refractivity contribution is 0.534. The zero-order valence-electron chi connectivity index (χ0n) is 12.0. The first-order chi connectivity index (χ1) is 9.74. The van der Waals surface area contributed by atoms with Crippen LogP contribution < -0.4 is 0 Å². The molecule has 1 atom stereocenters. The van der Waals surface area contributed by atoms with Crippen LogP contribution in [0.1, 0.15) is 37.4 Å². The van der Waals surface area contributed by atoms with Gasteiger partial charge in [0.15, 0.2) is 5.82 Å². The molecule has 1 aliphatic carbocycles. The van der Waals surface area contributed by atoms with Crippen LogP contribution in [-0.4, -0.2) is 15.0 Å².